The molecule has 0 atom stereocenters. The lowest BCUT2D eigenvalue weighted by atomic mass is 10.2. The lowest BCUT2D eigenvalue weighted by molar-refractivity contribution is -0.118. The number of hydrogen-bond acceptors (Lipinski definition) is 3. The molecule has 120 valence electrons. The molecule has 0 unspecified atom stereocenters. The molecule has 4 nitrogen and oxygen atoms in total. The SMILES string of the molecule is NC(=O)CCN(C(=O)/C=C/c1ccc(Br)s1)c1ccc(F)cc1. The van der Waals surface area contributed by atoms with Crippen LogP contribution in [0.25, 0.3) is 6.08 Å². The van der Waals surface area contributed by atoms with Crippen LogP contribution in [-0.4, -0.2) is 18.4 Å². The summed E-state index contributed by atoms with van der Waals surface area (Å²) in [6, 6.07) is 9.28. The number of halogens is 2. The summed E-state index contributed by atoms with van der Waals surface area (Å²) in [4.78, 5) is 25.7. The van der Waals surface area contributed by atoms with Crippen molar-refractivity contribution in [2.45, 2.75) is 6.42 Å². The highest BCUT2D eigenvalue weighted by Crippen LogP contribution is 2.23. The Morgan fingerprint density at radius 2 is 1.91 bits per heavy atom. The van der Waals surface area contributed by atoms with E-state index in [9.17, 15) is 14.0 Å². The number of nitrogens with zero attached hydrogens (tertiary/aromatic N) is 1. The maximum Gasteiger partial charge on any atom is 0.251 e. The molecule has 0 aliphatic carbocycles. The van der Waals surface area contributed by atoms with Gasteiger partial charge >= 0.3 is 0 Å². The summed E-state index contributed by atoms with van der Waals surface area (Å²) in [5, 5.41) is 0. The summed E-state index contributed by atoms with van der Waals surface area (Å²) in [6.07, 6.45) is 3.14. The highest BCUT2D eigenvalue weighted by atomic mass is 79.9. The first kappa shape index (κ1) is 17.4. The van der Waals surface area contributed by atoms with E-state index in [4.69, 9.17) is 5.73 Å². The van der Waals surface area contributed by atoms with Crippen molar-refractivity contribution >= 4 is 50.8 Å². The fourth-order valence-electron chi connectivity index (χ4n) is 1.87. The van der Waals surface area contributed by atoms with E-state index in [1.165, 1.54) is 46.6 Å². The zero-order chi connectivity index (χ0) is 16.8. The molecule has 7 heteroatoms. The molecule has 0 spiro atoms. The summed E-state index contributed by atoms with van der Waals surface area (Å²) in [5.41, 5.74) is 5.66. The fourth-order valence-corrected chi connectivity index (χ4v) is 3.20. The molecule has 0 aliphatic heterocycles. The predicted molar refractivity (Wildman–Crippen MR) is 93.6 cm³/mol. The van der Waals surface area contributed by atoms with Gasteiger partial charge < -0.3 is 10.6 Å². The third-order valence-electron chi connectivity index (χ3n) is 2.97. The molecule has 1 aromatic carbocycles. The van der Waals surface area contributed by atoms with Crippen LogP contribution in [0, 0.1) is 5.82 Å². The molecule has 0 radical (unpaired) electrons. The summed E-state index contributed by atoms with van der Waals surface area (Å²) in [5.74, 6) is -1.20. The van der Waals surface area contributed by atoms with Crippen molar-refractivity contribution in [2.75, 3.05) is 11.4 Å². The molecule has 0 saturated carbocycles. The Balaban J connectivity index is 2.17. The normalized spacial score (nSPS) is 10.9. The lowest BCUT2D eigenvalue weighted by Gasteiger charge is -2.20. The van der Waals surface area contributed by atoms with Crippen LogP contribution < -0.4 is 10.6 Å². The largest absolute Gasteiger partial charge is 0.370 e. The van der Waals surface area contributed by atoms with Crippen molar-refractivity contribution in [3.8, 4) is 0 Å². The molecular weight excluding hydrogens is 383 g/mol. The quantitative estimate of drug-likeness (QED) is 0.758. The second-order valence-corrected chi connectivity index (χ2v) is 7.15. The highest BCUT2D eigenvalue weighted by molar-refractivity contribution is 9.11. The predicted octanol–water partition coefficient (Wildman–Crippen LogP) is 3.57. The van der Waals surface area contributed by atoms with E-state index < -0.39 is 11.7 Å². The topological polar surface area (TPSA) is 63.4 Å². The molecule has 2 rings (SSSR count). The van der Waals surface area contributed by atoms with Crippen LogP contribution in [0.1, 0.15) is 11.3 Å². The standard InChI is InChI=1S/C16H14BrFN2O2S/c17-14-7-5-13(23-14)6-8-16(22)20(10-9-15(19)21)12-3-1-11(18)2-4-12/h1-8H,9-10H2,(H2,19,21)/b8-6+. The van der Waals surface area contributed by atoms with Gasteiger partial charge in [-0.3, -0.25) is 9.59 Å². The molecule has 1 heterocycles. The van der Waals surface area contributed by atoms with Crippen LogP contribution in [0.5, 0.6) is 0 Å². The van der Waals surface area contributed by atoms with Gasteiger partial charge in [0.2, 0.25) is 5.91 Å². The first-order chi connectivity index (χ1) is 11.0. The minimum Gasteiger partial charge on any atom is -0.370 e. The zero-order valence-corrected chi connectivity index (χ0v) is 14.4. The first-order valence-electron chi connectivity index (χ1n) is 6.74. The maximum absolute atomic E-state index is 13.0. The van der Waals surface area contributed by atoms with Crippen LogP contribution >= 0.6 is 27.3 Å². The maximum atomic E-state index is 13.0. The number of amides is 2. The van der Waals surface area contributed by atoms with Crippen LogP contribution in [-0.2, 0) is 9.59 Å². The van der Waals surface area contributed by atoms with E-state index in [1.807, 2.05) is 12.1 Å². The van der Waals surface area contributed by atoms with Gasteiger partial charge in [0.1, 0.15) is 5.82 Å². The molecule has 0 bridgehead atoms. The third-order valence-corrected chi connectivity index (χ3v) is 4.56. The van der Waals surface area contributed by atoms with Crippen molar-refractivity contribution in [3.63, 3.8) is 0 Å². The zero-order valence-electron chi connectivity index (χ0n) is 12.0. The van der Waals surface area contributed by atoms with Crippen LogP contribution in [0.15, 0.2) is 46.3 Å². The number of rotatable bonds is 6. The Bertz CT molecular complexity index is 728. The van der Waals surface area contributed by atoms with Gasteiger partial charge in [0, 0.05) is 29.6 Å². The average Bonchev–Trinajstić information content (AvgIpc) is 2.92. The molecule has 23 heavy (non-hydrogen) atoms. The van der Waals surface area contributed by atoms with Crippen molar-refractivity contribution in [2.24, 2.45) is 5.73 Å². The summed E-state index contributed by atoms with van der Waals surface area (Å²) in [7, 11) is 0. The Morgan fingerprint density at radius 1 is 1.22 bits per heavy atom. The summed E-state index contributed by atoms with van der Waals surface area (Å²) in [6.45, 7) is 0.137. The van der Waals surface area contributed by atoms with Crippen LogP contribution in [0.4, 0.5) is 10.1 Å². The Hall–Kier alpha value is -1.99. The van der Waals surface area contributed by atoms with Gasteiger partial charge in [-0.15, -0.1) is 11.3 Å². The minimum atomic E-state index is -0.504. The number of hydrogen-bond donors (Lipinski definition) is 1. The van der Waals surface area contributed by atoms with Gasteiger partial charge in [-0.1, -0.05) is 0 Å². The van der Waals surface area contributed by atoms with E-state index in [-0.39, 0.29) is 18.9 Å². The van der Waals surface area contributed by atoms with Gasteiger partial charge in [-0.25, -0.2) is 4.39 Å². The first-order valence-corrected chi connectivity index (χ1v) is 8.35. The van der Waals surface area contributed by atoms with Crippen molar-refractivity contribution < 1.29 is 14.0 Å². The fraction of sp³-hybridized carbons (Fsp3) is 0.125. The number of benzene rings is 1. The molecule has 0 saturated heterocycles. The van der Waals surface area contributed by atoms with E-state index >= 15 is 0 Å². The summed E-state index contributed by atoms with van der Waals surface area (Å²) < 4.78 is 14.0. The van der Waals surface area contributed by atoms with Crippen LogP contribution in [0.3, 0.4) is 0 Å². The second-order valence-electron chi connectivity index (χ2n) is 4.66. The summed E-state index contributed by atoms with van der Waals surface area (Å²) >= 11 is 4.85. The number of anilines is 1. The van der Waals surface area contributed by atoms with Gasteiger partial charge in [-0.05, 0) is 58.4 Å². The third kappa shape index (κ3) is 5.30. The molecule has 2 amide bonds. The van der Waals surface area contributed by atoms with Gasteiger partial charge in [0.15, 0.2) is 0 Å². The van der Waals surface area contributed by atoms with E-state index in [1.54, 1.807) is 6.08 Å². The number of primary amides is 1. The average molecular weight is 397 g/mol. The minimum absolute atomic E-state index is 0.0293. The van der Waals surface area contributed by atoms with E-state index in [0.717, 1.165) is 8.66 Å². The van der Waals surface area contributed by atoms with Gasteiger partial charge in [-0.2, -0.15) is 0 Å². The highest BCUT2D eigenvalue weighted by Gasteiger charge is 2.14. The second kappa shape index (κ2) is 8.03. The van der Waals surface area contributed by atoms with Crippen molar-refractivity contribution in [3.05, 3.63) is 57.0 Å². The van der Waals surface area contributed by atoms with E-state index in [0.29, 0.717) is 5.69 Å². The Labute approximate surface area is 145 Å². The molecule has 1 aromatic heterocycles. The van der Waals surface area contributed by atoms with Gasteiger partial charge in [0.05, 0.1) is 3.79 Å². The lowest BCUT2D eigenvalue weighted by Crippen LogP contribution is -2.32. The number of carbonyl (C=O) groups is 2. The monoisotopic (exact) mass is 396 g/mol. The Kier molecular flexibility index (Phi) is 6.06. The molecule has 0 aliphatic rings. The van der Waals surface area contributed by atoms with E-state index in [2.05, 4.69) is 15.9 Å². The smallest absolute Gasteiger partial charge is 0.251 e. The number of thiophene rings is 1. The number of nitrogens with two attached hydrogens (primary N) is 1. The Morgan fingerprint density at radius 3 is 2.48 bits per heavy atom. The van der Waals surface area contributed by atoms with Crippen LogP contribution in [0.2, 0.25) is 0 Å². The molecular formula is C16H14BrFN2O2S. The number of carbonyl (C=O) groups excluding carboxylic acids is 2. The van der Waals surface area contributed by atoms with Crippen molar-refractivity contribution in [1.82, 2.24) is 0 Å². The molecule has 0 fully saturated rings. The molecule has 2 aromatic rings. The molecule has 2 N–H and O–H groups in total. The van der Waals surface area contributed by atoms with Gasteiger partial charge in [0.25, 0.3) is 5.91 Å². The van der Waals surface area contributed by atoms with Crippen molar-refractivity contribution in [1.29, 1.82) is 0 Å².